The Hall–Kier alpha value is -1.78. The van der Waals surface area contributed by atoms with Crippen molar-refractivity contribution >= 4 is 5.78 Å². The Morgan fingerprint density at radius 3 is 3.03 bits per heavy atom. The van der Waals surface area contributed by atoms with Crippen LogP contribution in [0.2, 0.25) is 0 Å². The number of nitrogens with zero attached hydrogens (tertiary/aromatic N) is 2. The van der Waals surface area contributed by atoms with E-state index in [0.717, 1.165) is 45.2 Å². The first-order valence-electron chi connectivity index (χ1n) is 12.3. The SMILES string of the molecule is C[C@]12CC=C3C=C4CCC(=O)C[C@]45CC[C@]3(O5)[C@@H]1CC[C@@H]2N1CCc2ccncc2C1. The van der Waals surface area contributed by atoms with Gasteiger partial charge in [0.15, 0.2) is 0 Å². The van der Waals surface area contributed by atoms with Crippen LogP contribution in [0.1, 0.15) is 69.4 Å². The highest BCUT2D eigenvalue weighted by atomic mass is 16.5. The maximum atomic E-state index is 12.4. The third kappa shape index (κ3) is 2.38. The van der Waals surface area contributed by atoms with Gasteiger partial charge in [0.1, 0.15) is 5.78 Å². The first kappa shape index (κ1) is 18.8. The smallest absolute Gasteiger partial charge is 0.136 e. The molecule has 31 heavy (non-hydrogen) atoms. The number of carbonyl (C=O) groups excluding carboxylic acids is 1. The lowest BCUT2D eigenvalue weighted by Gasteiger charge is -2.55. The van der Waals surface area contributed by atoms with E-state index in [2.05, 4.69) is 41.2 Å². The molecule has 3 aliphatic carbocycles. The van der Waals surface area contributed by atoms with Crippen LogP contribution >= 0.6 is 0 Å². The molecule has 6 aliphatic rings. The van der Waals surface area contributed by atoms with Crippen molar-refractivity contribution in [3.63, 3.8) is 0 Å². The van der Waals surface area contributed by atoms with E-state index in [0.29, 0.717) is 30.6 Å². The van der Waals surface area contributed by atoms with Crippen molar-refractivity contribution in [1.29, 1.82) is 0 Å². The zero-order chi connectivity index (χ0) is 20.8. The Balaban J connectivity index is 1.24. The number of Topliss-reactive ketones (excluding diaryl/α,β-unsaturated/α-hetero) is 1. The Kier molecular flexibility index (Phi) is 3.73. The van der Waals surface area contributed by atoms with Crippen LogP contribution in [0.15, 0.2) is 41.8 Å². The van der Waals surface area contributed by atoms with Crippen LogP contribution in [0.25, 0.3) is 0 Å². The second-order valence-electron chi connectivity index (χ2n) is 11.3. The number of pyridine rings is 1. The normalized spacial score (nSPS) is 43.5. The van der Waals surface area contributed by atoms with Gasteiger partial charge >= 0.3 is 0 Å². The summed E-state index contributed by atoms with van der Waals surface area (Å²) in [6.45, 7) is 4.72. The molecular weight excluding hydrogens is 384 g/mol. The summed E-state index contributed by atoms with van der Waals surface area (Å²) >= 11 is 0. The summed E-state index contributed by atoms with van der Waals surface area (Å²) in [6.07, 6.45) is 18.1. The van der Waals surface area contributed by atoms with Crippen molar-refractivity contribution < 1.29 is 9.53 Å². The predicted molar refractivity (Wildman–Crippen MR) is 118 cm³/mol. The Morgan fingerprint density at radius 2 is 2.10 bits per heavy atom. The minimum atomic E-state index is -0.279. The number of carbonyl (C=O) groups is 1. The molecule has 2 saturated carbocycles. The van der Waals surface area contributed by atoms with Gasteiger partial charge in [0.2, 0.25) is 0 Å². The van der Waals surface area contributed by atoms with Crippen LogP contribution in [0.5, 0.6) is 0 Å². The van der Waals surface area contributed by atoms with Crippen molar-refractivity contribution in [2.45, 2.75) is 88.5 Å². The van der Waals surface area contributed by atoms with E-state index in [9.17, 15) is 4.79 Å². The van der Waals surface area contributed by atoms with Crippen molar-refractivity contribution in [3.8, 4) is 0 Å². The van der Waals surface area contributed by atoms with E-state index in [1.165, 1.54) is 35.1 Å². The van der Waals surface area contributed by atoms with Crippen LogP contribution in [0.4, 0.5) is 0 Å². The number of ketones is 1. The number of fused-ring (bicyclic) bond motifs is 2. The highest BCUT2D eigenvalue weighted by Gasteiger charge is 2.67. The number of aromatic nitrogens is 1. The number of hydrogen-bond acceptors (Lipinski definition) is 4. The standard InChI is InChI=1S/C27H32N2O2/c1-25-9-6-21-14-20-2-3-22(30)15-26(20)10-11-27(21,31-26)23(25)4-5-24(25)29-13-8-18-7-12-28-16-19(18)17-29/h6-7,12,14,16,23-24H,2-5,8-11,13,15,17H2,1H3/t23-,24+,25+,26-,27-/m1/s1. The predicted octanol–water partition coefficient (Wildman–Crippen LogP) is 4.54. The van der Waals surface area contributed by atoms with E-state index < -0.39 is 0 Å². The topological polar surface area (TPSA) is 42.4 Å². The minimum absolute atomic E-state index is 0.155. The molecule has 0 N–H and O–H groups in total. The molecule has 1 aromatic heterocycles. The Labute approximate surface area is 184 Å². The Bertz CT molecular complexity index is 1040. The molecule has 4 heterocycles. The summed E-state index contributed by atoms with van der Waals surface area (Å²) in [7, 11) is 0. The fraction of sp³-hybridized carbons (Fsp3) is 0.630. The van der Waals surface area contributed by atoms with Crippen molar-refractivity contribution in [2.24, 2.45) is 11.3 Å². The molecule has 0 radical (unpaired) electrons. The third-order valence-electron chi connectivity index (χ3n) is 9.94. The molecule has 162 valence electrons. The van der Waals surface area contributed by atoms with E-state index in [1.54, 1.807) is 0 Å². The van der Waals surface area contributed by atoms with E-state index in [1.807, 2.05) is 6.20 Å². The second-order valence-corrected chi connectivity index (χ2v) is 11.3. The van der Waals surface area contributed by atoms with Gasteiger partial charge in [-0.25, -0.2) is 0 Å². The first-order chi connectivity index (χ1) is 15.0. The molecule has 2 spiro atoms. The van der Waals surface area contributed by atoms with Gasteiger partial charge < -0.3 is 4.74 Å². The third-order valence-corrected chi connectivity index (χ3v) is 9.94. The van der Waals surface area contributed by atoms with Gasteiger partial charge in [-0.2, -0.15) is 0 Å². The second kappa shape index (κ2) is 6.17. The molecule has 3 fully saturated rings. The van der Waals surface area contributed by atoms with E-state index in [-0.39, 0.29) is 16.6 Å². The van der Waals surface area contributed by atoms with Gasteiger partial charge in [-0.15, -0.1) is 0 Å². The monoisotopic (exact) mass is 416 g/mol. The zero-order valence-electron chi connectivity index (χ0n) is 18.5. The lowest BCUT2D eigenvalue weighted by atomic mass is 9.60. The number of rotatable bonds is 1. The highest BCUT2D eigenvalue weighted by molar-refractivity contribution is 5.82. The molecular formula is C27H32N2O2. The van der Waals surface area contributed by atoms with Gasteiger partial charge in [0, 0.05) is 44.4 Å². The van der Waals surface area contributed by atoms with Crippen LogP contribution in [0, 0.1) is 11.3 Å². The van der Waals surface area contributed by atoms with Crippen LogP contribution in [-0.4, -0.2) is 39.5 Å². The summed E-state index contributed by atoms with van der Waals surface area (Å²) in [6, 6.07) is 2.79. The average Bonchev–Trinajstić information content (AvgIpc) is 3.28. The van der Waals surface area contributed by atoms with Crippen molar-refractivity contribution in [2.75, 3.05) is 6.54 Å². The molecule has 7 rings (SSSR count). The summed E-state index contributed by atoms with van der Waals surface area (Å²) in [5, 5.41) is 0. The lowest BCUT2D eigenvalue weighted by Crippen LogP contribution is -2.57. The zero-order valence-corrected chi connectivity index (χ0v) is 18.5. The first-order valence-corrected chi connectivity index (χ1v) is 12.3. The van der Waals surface area contributed by atoms with E-state index in [4.69, 9.17) is 4.74 Å². The van der Waals surface area contributed by atoms with Crippen LogP contribution < -0.4 is 0 Å². The van der Waals surface area contributed by atoms with E-state index >= 15 is 0 Å². The fourth-order valence-corrected chi connectivity index (χ4v) is 8.47. The minimum Gasteiger partial charge on any atom is -0.359 e. The molecule has 0 aromatic carbocycles. The number of hydrogen-bond donors (Lipinski definition) is 0. The fourth-order valence-electron chi connectivity index (χ4n) is 8.47. The molecule has 3 aliphatic heterocycles. The number of allylic oxidation sites excluding steroid dienone is 1. The van der Waals surface area contributed by atoms with Crippen LogP contribution in [0.3, 0.4) is 0 Å². The maximum Gasteiger partial charge on any atom is 0.136 e. The molecule has 4 heteroatoms. The molecule has 4 nitrogen and oxygen atoms in total. The summed E-state index contributed by atoms with van der Waals surface area (Å²) in [4.78, 5) is 19.5. The highest BCUT2D eigenvalue weighted by Crippen LogP contribution is 2.66. The van der Waals surface area contributed by atoms with Crippen LogP contribution in [-0.2, 0) is 22.5 Å². The largest absolute Gasteiger partial charge is 0.359 e. The van der Waals surface area contributed by atoms with Gasteiger partial charge in [0.05, 0.1) is 11.2 Å². The summed E-state index contributed by atoms with van der Waals surface area (Å²) < 4.78 is 7.14. The van der Waals surface area contributed by atoms with Crippen molar-refractivity contribution in [1.82, 2.24) is 9.88 Å². The van der Waals surface area contributed by atoms with Gasteiger partial charge in [-0.3, -0.25) is 14.7 Å². The summed E-state index contributed by atoms with van der Waals surface area (Å²) in [5.41, 5.74) is 5.54. The van der Waals surface area contributed by atoms with Gasteiger partial charge in [-0.1, -0.05) is 19.1 Å². The molecule has 2 bridgehead atoms. The van der Waals surface area contributed by atoms with Crippen molar-refractivity contribution in [3.05, 3.63) is 52.9 Å². The average molecular weight is 417 g/mol. The molecule has 1 saturated heterocycles. The quantitative estimate of drug-likeness (QED) is 0.674. The number of ether oxygens (including phenoxy) is 1. The molecule has 0 unspecified atom stereocenters. The molecule has 1 aromatic rings. The molecule has 5 atom stereocenters. The van der Waals surface area contributed by atoms with Gasteiger partial charge in [-0.05, 0) is 84.6 Å². The Morgan fingerprint density at radius 1 is 1.16 bits per heavy atom. The lowest BCUT2D eigenvalue weighted by molar-refractivity contribution is -0.149. The van der Waals surface area contributed by atoms with Gasteiger partial charge in [0.25, 0.3) is 0 Å². The maximum absolute atomic E-state index is 12.4. The summed E-state index contributed by atoms with van der Waals surface area (Å²) in [5.74, 6) is 0.944. The molecule has 0 amide bonds.